The zero-order chi connectivity index (χ0) is 17.5. The SMILES string of the molecule is CN(CCOc1ccccc1F)C(=O)c1ccccc1OC(F)F. The Morgan fingerprint density at radius 1 is 1.08 bits per heavy atom. The number of benzene rings is 2. The second-order valence-electron chi connectivity index (χ2n) is 4.88. The molecule has 0 heterocycles. The predicted octanol–water partition coefficient (Wildman–Crippen LogP) is 3.58. The standard InChI is InChI=1S/C17H16F3NO3/c1-21(10-11-23-15-9-5-3-7-13(15)18)16(22)12-6-2-4-8-14(12)24-17(19)20/h2-9,17H,10-11H2,1H3. The minimum Gasteiger partial charge on any atom is -0.489 e. The minimum atomic E-state index is -3.02. The highest BCUT2D eigenvalue weighted by Gasteiger charge is 2.18. The van der Waals surface area contributed by atoms with Crippen molar-refractivity contribution in [1.82, 2.24) is 4.90 Å². The van der Waals surface area contributed by atoms with Gasteiger partial charge in [0.05, 0.1) is 12.1 Å². The van der Waals surface area contributed by atoms with E-state index in [4.69, 9.17) is 4.74 Å². The number of carbonyl (C=O) groups is 1. The number of para-hydroxylation sites is 2. The van der Waals surface area contributed by atoms with Crippen molar-refractivity contribution in [3.63, 3.8) is 0 Å². The van der Waals surface area contributed by atoms with Crippen LogP contribution in [-0.2, 0) is 0 Å². The van der Waals surface area contributed by atoms with Gasteiger partial charge in [0, 0.05) is 7.05 Å². The van der Waals surface area contributed by atoms with Crippen LogP contribution >= 0.6 is 0 Å². The Bertz CT molecular complexity index is 694. The molecule has 2 rings (SSSR count). The lowest BCUT2D eigenvalue weighted by Crippen LogP contribution is -2.31. The summed E-state index contributed by atoms with van der Waals surface area (Å²) in [6, 6.07) is 11.6. The molecule has 0 radical (unpaired) electrons. The van der Waals surface area contributed by atoms with E-state index in [-0.39, 0.29) is 30.2 Å². The molecule has 0 atom stereocenters. The summed E-state index contributed by atoms with van der Waals surface area (Å²) in [4.78, 5) is 13.6. The second kappa shape index (κ2) is 8.24. The Morgan fingerprint density at radius 3 is 2.38 bits per heavy atom. The molecule has 0 N–H and O–H groups in total. The van der Waals surface area contributed by atoms with Crippen molar-refractivity contribution in [2.45, 2.75) is 6.61 Å². The minimum absolute atomic E-state index is 0.0196. The van der Waals surface area contributed by atoms with Gasteiger partial charge in [-0.25, -0.2) is 4.39 Å². The fourth-order valence-corrected chi connectivity index (χ4v) is 2.00. The molecule has 0 aliphatic carbocycles. The molecular formula is C17H16F3NO3. The van der Waals surface area contributed by atoms with E-state index in [1.165, 1.54) is 48.3 Å². The molecule has 0 saturated carbocycles. The molecule has 1 amide bonds. The number of nitrogens with zero attached hydrogens (tertiary/aromatic N) is 1. The molecular weight excluding hydrogens is 323 g/mol. The number of halogens is 3. The van der Waals surface area contributed by atoms with Crippen LogP contribution in [0.5, 0.6) is 11.5 Å². The first-order valence-electron chi connectivity index (χ1n) is 7.15. The molecule has 0 spiro atoms. The number of amides is 1. The van der Waals surface area contributed by atoms with Gasteiger partial charge in [0.15, 0.2) is 11.6 Å². The smallest absolute Gasteiger partial charge is 0.387 e. The van der Waals surface area contributed by atoms with Gasteiger partial charge in [-0.3, -0.25) is 4.79 Å². The van der Waals surface area contributed by atoms with Gasteiger partial charge >= 0.3 is 6.61 Å². The van der Waals surface area contributed by atoms with E-state index >= 15 is 0 Å². The number of alkyl halides is 2. The fourth-order valence-electron chi connectivity index (χ4n) is 2.00. The van der Waals surface area contributed by atoms with Gasteiger partial charge in [-0.05, 0) is 24.3 Å². The maximum Gasteiger partial charge on any atom is 0.387 e. The Morgan fingerprint density at radius 2 is 1.71 bits per heavy atom. The summed E-state index contributed by atoms with van der Waals surface area (Å²) in [5, 5.41) is 0. The molecule has 2 aromatic carbocycles. The zero-order valence-electron chi connectivity index (χ0n) is 12.9. The third-order valence-corrected chi connectivity index (χ3v) is 3.20. The summed E-state index contributed by atoms with van der Waals surface area (Å²) in [5.74, 6) is -1.11. The monoisotopic (exact) mass is 339 g/mol. The van der Waals surface area contributed by atoms with E-state index in [0.29, 0.717) is 0 Å². The highest BCUT2D eigenvalue weighted by atomic mass is 19.3. The van der Waals surface area contributed by atoms with Crippen molar-refractivity contribution in [3.05, 3.63) is 59.9 Å². The van der Waals surface area contributed by atoms with Gasteiger partial charge in [-0.15, -0.1) is 0 Å². The van der Waals surface area contributed by atoms with E-state index in [9.17, 15) is 18.0 Å². The van der Waals surface area contributed by atoms with Gasteiger partial charge in [0.2, 0.25) is 0 Å². The first-order valence-corrected chi connectivity index (χ1v) is 7.15. The lowest BCUT2D eigenvalue weighted by Gasteiger charge is -2.19. The number of likely N-dealkylation sites (N-methyl/N-ethyl adjacent to an activating group) is 1. The molecule has 2 aromatic rings. The van der Waals surface area contributed by atoms with Crippen molar-refractivity contribution in [2.24, 2.45) is 0 Å². The molecule has 0 aliphatic rings. The Labute approximate surface area is 137 Å². The molecule has 0 aliphatic heterocycles. The average molecular weight is 339 g/mol. The maximum atomic E-state index is 13.4. The number of hydrogen-bond acceptors (Lipinski definition) is 3. The van der Waals surface area contributed by atoms with Gasteiger partial charge in [-0.2, -0.15) is 8.78 Å². The Kier molecular flexibility index (Phi) is 6.06. The number of carbonyl (C=O) groups excluding carboxylic acids is 1. The maximum absolute atomic E-state index is 13.4. The van der Waals surface area contributed by atoms with Crippen LogP contribution in [0, 0.1) is 5.82 Å². The van der Waals surface area contributed by atoms with Crippen LogP contribution in [0.3, 0.4) is 0 Å². The first-order chi connectivity index (χ1) is 11.5. The van der Waals surface area contributed by atoms with Crippen molar-refractivity contribution in [1.29, 1.82) is 0 Å². The highest BCUT2D eigenvalue weighted by Crippen LogP contribution is 2.21. The molecule has 128 valence electrons. The van der Waals surface area contributed by atoms with Crippen LogP contribution < -0.4 is 9.47 Å². The van der Waals surface area contributed by atoms with Crippen molar-refractivity contribution < 1.29 is 27.4 Å². The summed E-state index contributed by atoms with van der Waals surface area (Å²) in [5.41, 5.74) is 0.0196. The van der Waals surface area contributed by atoms with Gasteiger partial charge in [0.1, 0.15) is 12.4 Å². The summed E-state index contributed by atoms with van der Waals surface area (Å²) in [7, 11) is 1.49. The van der Waals surface area contributed by atoms with Crippen LogP contribution in [0.15, 0.2) is 48.5 Å². The molecule has 0 bridgehead atoms. The van der Waals surface area contributed by atoms with Crippen molar-refractivity contribution >= 4 is 5.91 Å². The molecule has 4 nitrogen and oxygen atoms in total. The van der Waals surface area contributed by atoms with E-state index in [2.05, 4.69) is 4.74 Å². The molecule has 0 fully saturated rings. The highest BCUT2D eigenvalue weighted by molar-refractivity contribution is 5.96. The predicted molar refractivity (Wildman–Crippen MR) is 81.9 cm³/mol. The van der Waals surface area contributed by atoms with E-state index in [1.54, 1.807) is 12.1 Å². The number of hydrogen-bond donors (Lipinski definition) is 0. The van der Waals surface area contributed by atoms with Gasteiger partial charge in [-0.1, -0.05) is 24.3 Å². The van der Waals surface area contributed by atoms with Crippen molar-refractivity contribution in [3.8, 4) is 11.5 Å². The first kappa shape index (κ1) is 17.7. The quantitative estimate of drug-likeness (QED) is 0.774. The van der Waals surface area contributed by atoms with Crippen LogP contribution in [-0.4, -0.2) is 37.6 Å². The third-order valence-electron chi connectivity index (χ3n) is 3.20. The Hall–Kier alpha value is -2.70. The fraction of sp³-hybridized carbons (Fsp3) is 0.235. The topological polar surface area (TPSA) is 38.8 Å². The second-order valence-corrected chi connectivity index (χ2v) is 4.88. The van der Waals surface area contributed by atoms with E-state index < -0.39 is 18.3 Å². The largest absolute Gasteiger partial charge is 0.489 e. The summed E-state index contributed by atoms with van der Waals surface area (Å²) >= 11 is 0. The van der Waals surface area contributed by atoms with Crippen LogP contribution in [0.2, 0.25) is 0 Å². The summed E-state index contributed by atoms with van der Waals surface area (Å²) in [6.45, 7) is -2.81. The van der Waals surface area contributed by atoms with E-state index in [0.717, 1.165) is 0 Å². The van der Waals surface area contributed by atoms with E-state index in [1.807, 2.05) is 0 Å². The molecule has 7 heteroatoms. The number of rotatable bonds is 7. The molecule has 0 unspecified atom stereocenters. The van der Waals surface area contributed by atoms with Gasteiger partial charge in [0.25, 0.3) is 5.91 Å². The molecule has 0 saturated heterocycles. The van der Waals surface area contributed by atoms with Crippen LogP contribution in [0.25, 0.3) is 0 Å². The van der Waals surface area contributed by atoms with Crippen LogP contribution in [0.4, 0.5) is 13.2 Å². The lowest BCUT2D eigenvalue weighted by molar-refractivity contribution is -0.0502. The van der Waals surface area contributed by atoms with Gasteiger partial charge < -0.3 is 14.4 Å². The lowest BCUT2D eigenvalue weighted by atomic mass is 10.2. The number of ether oxygens (including phenoxy) is 2. The van der Waals surface area contributed by atoms with Crippen LogP contribution in [0.1, 0.15) is 10.4 Å². The summed E-state index contributed by atoms with van der Waals surface area (Å²) < 4.78 is 47.8. The summed E-state index contributed by atoms with van der Waals surface area (Å²) in [6.07, 6.45) is 0. The average Bonchev–Trinajstić information content (AvgIpc) is 2.56. The molecule has 24 heavy (non-hydrogen) atoms. The normalized spacial score (nSPS) is 10.5. The molecule has 0 aromatic heterocycles. The Balaban J connectivity index is 1.96. The zero-order valence-corrected chi connectivity index (χ0v) is 12.9. The van der Waals surface area contributed by atoms with Crippen molar-refractivity contribution in [2.75, 3.05) is 20.2 Å². The third kappa shape index (κ3) is 4.65.